The van der Waals surface area contributed by atoms with Gasteiger partial charge < -0.3 is 4.74 Å². The van der Waals surface area contributed by atoms with Gasteiger partial charge in [0, 0.05) is 24.4 Å². The van der Waals surface area contributed by atoms with Crippen molar-refractivity contribution in [3.05, 3.63) is 50.6 Å². The topological polar surface area (TPSA) is 110 Å². The minimum atomic E-state index is -3.52. The average molecular weight is 387 g/mol. The average Bonchev–Trinajstić information content (AvgIpc) is 3.03. The molecule has 0 aliphatic carbocycles. The van der Waals surface area contributed by atoms with E-state index in [1.54, 1.807) is 17.5 Å². The molecule has 2 rings (SSSR count). The van der Waals surface area contributed by atoms with Crippen LogP contribution >= 0.6 is 11.3 Å². The number of aromatic nitrogens is 2. The van der Waals surface area contributed by atoms with E-state index in [1.807, 2.05) is 13.8 Å². The van der Waals surface area contributed by atoms with Gasteiger partial charge in [-0.2, -0.15) is 0 Å². The summed E-state index contributed by atoms with van der Waals surface area (Å²) in [5.74, 6) is 0. The van der Waals surface area contributed by atoms with Crippen LogP contribution in [-0.2, 0) is 21.5 Å². The molecule has 2 aromatic heterocycles. The quantitative estimate of drug-likeness (QED) is 0.626. The molecule has 25 heavy (non-hydrogen) atoms. The molecule has 0 spiro atoms. The summed E-state index contributed by atoms with van der Waals surface area (Å²) in [6.07, 6.45) is 2.54. The predicted octanol–water partition coefficient (Wildman–Crippen LogP) is 1.11. The molecule has 2 aromatic rings. The smallest absolute Gasteiger partial charge is 0.330 e. The molecule has 2 N–H and O–H groups in total. The van der Waals surface area contributed by atoms with Gasteiger partial charge >= 0.3 is 5.69 Å². The highest BCUT2D eigenvalue weighted by Crippen LogP contribution is 2.20. The summed E-state index contributed by atoms with van der Waals surface area (Å²) in [6, 6.07) is 4.50. The molecular formula is C15H21N3O5S2. The third kappa shape index (κ3) is 5.92. The van der Waals surface area contributed by atoms with Crippen molar-refractivity contribution >= 4 is 21.4 Å². The largest absolute Gasteiger partial charge is 0.361 e. The van der Waals surface area contributed by atoms with Gasteiger partial charge in [0.05, 0.1) is 0 Å². The van der Waals surface area contributed by atoms with E-state index in [0.29, 0.717) is 19.4 Å². The maximum absolute atomic E-state index is 12.2. The van der Waals surface area contributed by atoms with Crippen molar-refractivity contribution in [1.29, 1.82) is 0 Å². The van der Waals surface area contributed by atoms with Crippen LogP contribution in [0, 0.1) is 0 Å². The van der Waals surface area contributed by atoms with E-state index >= 15 is 0 Å². The Morgan fingerprint density at radius 2 is 2.08 bits per heavy atom. The van der Waals surface area contributed by atoms with Crippen LogP contribution in [0.1, 0.15) is 26.7 Å². The van der Waals surface area contributed by atoms with Gasteiger partial charge in [-0.1, -0.05) is 6.07 Å². The Bertz CT molecular complexity index is 898. The number of hydrogen-bond acceptors (Lipinski definition) is 6. The monoisotopic (exact) mass is 387 g/mol. The van der Waals surface area contributed by atoms with Gasteiger partial charge in [0.1, 0.15) is 10.9 Å². The lowest BCUT2D eigenvalue weighted by molar-refractivity contribution is 0.0680. The normalized spacial score (nSPS) is 12.4. The molecule has 0 fully saturated rings. The molecule has 138 valence electrons. The Morgan fingerprint density at radius 1 is 1.32 bits per heavy atom. The van der Waals surface area contributed by atoms with Crippen LogP contribution in [0.5, 0.6) is 0 Å². The van der Waals surface area contributed by atoms with Crippen LogP contribution in [0.3, 0.4) is 0 Å². The van der Waals surface area contributed by atoms with Crippen molar-refractivity contribution in [2.24, 2.45) is 0 Å². The lowest BCUT2D eigenvalue weighted by Gasteiger charge is -2.25. The van der Waals surface area contributed by atoms with Gasteiger partial charge in [-0.15, -0.1) is 11.3 Å². The fourth-order valence-corrected chi connectivity index (χ4v) is 4.64. The standard InChI is InChI=1S/C15H21N3O5S2/c1-15(2,17-25(21,22)13-5-3-10-24-13)7-4-9-23-11-18-8-6-12(19)16-14(18)20/h3,5-6,8,10,17H,4,7,9,11H2,1-2H3,(H,16,19,20). The number of rotatable bonds is 9. The van der Waals surface area contributed by atoms with Crippen LogP contribution in [0.4, 0.5) is 0 Å². The summed E-state index contributed by atoms with van der Waals surface area (Å²) in [4.78, 5) is 24.6. The van der Waals surface area contributed by atoms with Gasteiger partial charge in [0.15, 0.2) is 0 Å². The highest BCUT2D eigenvalue weighted by Gasteiger charge is 2.26. The molecule has 2 heterocycles. The Labute approximate surface area is 149 Å². The van der Waals surface area contributed by atoms with Crippen LogP contribution in [0.25, 0.3) is 0 Å². The van der Waals surface area contributed by atoms with Crippen LogP contribution < -0.4 is 16.0 Å². The van der Waals surface area contributed by atoms with Gasteiger partial charge in [0.25, 0.3) is 15.6 Å². The van der Waals surface area contributed by atoms with E-state index in [9.17, 15) is 18.0 Å². The van der Waals surface area contributed by atoms with Crippen LogP contribution in [-0.4, -0.2) is 30.1 Å². The molecular weight excluding hydrogens is 366 g/mol. The molecule has 0 aliphatic rings. The summed E-state index contributed by atoms with van der Waals surface area (Å²) in [5, 5.41) is 1.72. The van der Waals surface area contributed by atoms with Crippen molar-refractivity contribution in [2.45, 2.75) is 43.2 Å². The van der Waals surface area contributed by atoms with E-state index in [0.717, 1.165) is 0 Å². The first-order chi connectivity index (χ1) is 11.7. The Morgan fingerprint density at radius 3 is 2.72 bits per heavy atom. The summed E-state index contributed by atoms with van der Waals surface area (Å²) in [7, 11) is -3.52. The highest BCUT2D eigenvalue weighted by molar-refractivity contribution is 7.91. The second-order valence-electron chi connectivity index (χ2n) is 6.14. The van der Waals surface area contributed by atoms with E-state index < -0.39 is 26.8 Å². The number of nitrogens with one attached hydrogen (secondary N) is 2. The number of aromatic amines is 1. The summed E-state index contributed by atoms with van der Waals surface area (Å²) in [6.45, 7) is 4.00. The summed E-state index contributed by atoms with van der Waals surface area (Å²) < 4.78 is 34.1. The van der Waals surface area contributed by atoms with Crippen molar-refractivity contribution in [3.63, 3.8) is 0 Å². The van der Waals surface area contributed by atoms with E-state index in [2.05, 4.69) is 9.71 Å². The molecule has 0 aromatic carbocycles. The molecule has 0 bridgehead atoms. The van der Waals surface area contributed by atoms with Crippen LogP contribution in [0.2, 0.25) is 0 Å². The molecule has 0 unspecified atom stereocenters. The van der Waals surface area contributed by atoms with Gasteiger partial charge in [0.2, 0.25) is 0 Å². The lowest BCUT2D eigenvalue weighted by atomic mass is 10.0. The maximum atomic E-state index is 12.2. The van der Waals surface area contributed by atoms with E-state index in [1.165, 1.54) is 28.2 Å². The molecule has 0 aliphatic heterocycles. The number of nitrogens with zero attached hydrogens (tertiary/aromatic N) is 1. The Hall–Kier alpha value is -1.75. The molecule has 8 nitrogen and oxygen atoms in total. The number of H-pyrrole nitrogens is 1. The second kappa shape index (κ2) is 8.09. The SMILES string of the molecule is CC(C)(CCCOCn1ccc(=O)[nH]c1=O)NS(=O)(=O)c1cccs1. The van der Waals surface area contributed by atoms with Gasteiger partial charge in [-0.3, -0.25) is 14.3 Å². The zero-order valence-corrected chi connectivity index (χ0v) is 15.7. The molecule has 0 amide bonds. The molecule has 0 radical (unpaired) electrons. The first-order valence-electron chi connectivity index (χ1n) is 7.65. The third-order valence-corrected chi connectivity index (χ3v) is 6.48. The van der Waals surface area contributed by atoms with Gasteiger partial charge in [-0.25, -0.2) is 17.9 Å². The molecule has 10 heteroatoms. The lowest BCUT2D eigenvalue weighted by Crippen LogP contribution is -2.43. The fourth-order valence-electron chi connectivity index (χ4n) is 2.21. The van der Waals surface area contributed by atoms with Crippen molar-refractivity contribution in [2.75, 3.05) is 6.61 Å². The predicted molar refractivity (Wildman–Crippen MR) is 95.2 cm³/mol. The molecule has 0 saturated carbocycles. The summed E-state index contributed by atoms with van der Waals surface area (Å²) >= 11 is 1.17. The van der Waals surface area contributed by atoms with E-state index in [4.69, 9.17) is 4.74 Å². The number of sulfonamides is 1. The molecule has 0 saturated heterocycles. The van der Waals surface area contributed by atoms with Gasteiger partial charge in [-0.05, 0) is 38.1 Å². The zero-order chi connectivity index (χ0) is 18.5. The number of thiophene rings is 1. The number of hydrogen-bond donors (Lipinski definition) is 2. The summed E-state index contributed by atoms with van der Waals surface area (Å²) in [5.41, 5.74) is -1.61. The first kappa shape index (κ1) is 19.6. The highest BCUT2D eigenvalue weighted by atomic mass is 32.2. The van der Waals surface area contributed by atoms with E-state index in [-0.39, 0.29) is 10.9 Å². The zero-order valence-electron chi connectivity index (χ0n) is 14.0. The van der Waals surface area contributed by atoms with Crippen molar-refractivity contribution in [3.8, 4) is 0 Å². The first-order valence-corrected chi connectivity index (χ1v) is 10.0. The third-order valence-electron chi connectivity index (χ3n) is 3.39. The van der Waals surface area contributed by atoms with Crippen molar-refractivity contribution < 1.29 is 13.2 Å². The van der Waals surface area contributed by atoms with Crippen LogP contribution in [0.15, 0.2) is 43.6 Å². The second-order valence-corrected chi connectivity index (χ2v) is 9.00. The minimum absolute atomic E-state index is 0.0248. The Balaban J connectivity index is 1.78. The maximum Gasteiger partial charge on any atom is 0.330 e. The fraction of sp³-hybridized carbons (Fsp3) is 0.467. The van der Waals surface area contributed by atoms with Crippen molar-refractivity contribution in [1.82, 2.24) is 14.3 Å². The minimum Gasteiger partial charge on any atom is -0.361 e. The Kier molecular flexibility index (Phi) is 6.33. The molecule has 0 atom stereocenters. The number of ether oxygens (including phenoxy) is 1.